The Kier molecular flexibility index (Phi) is 7.71. The summed E-state index contributed by atoms with van der Waals surface area (Å²) in [5, 5.41) is 4.12. The predicted molar refractivity (Wildman–Crippen MR) is 147 cm³/mol. The normalized spacial score (nSPS) is 13.8. The molecule has 7 nitrogen and oxygen atoms in total. The number of carbonyl (C=O) groups is 2. The molecular formula is C30H37N3O4. The van der Waals surface area contributed by atoms with E-state index in [2.05, 4.69) is 19.2 Å². The molecule has 37 heavy (non-hydrogen) atoms. The van der Waals surface area contributed by atoms with Crippen LogP contribution in [0.4, 0.5) is 4.79 Å². The number of alkyl carbamates (subject to hydrolysis) is 1. The smallest absolute Gasteiger partial charge is 0.407 e. The van der Waals surface area contributed by atoms with Crippen LogP contribution in [0.1, 0.15) is 63.5 Å². The lowest BCUT2D eigenvalue weighted by Crippen LogP contribution is -2.35. The summed E-state index contributed by atoms with van der Waals surface area (Å²) in [7, 11) is 0. The van der Waals surface area contributed by atoms with Crippen molar-refractivity contribution in [2.24, 2.45) is 5.92 Å². The van der Waals surface area contributed by atoms with Crippen LogP contribution in [0, 0.1) is 5.92 Å². The van der Waals surface area contributed by atoms with Crippen molar-refractivity contribution in [2.45, 2.75) is 66.2 Å². The van der Waals surface area contributed by atoms with E-state index in [1.165, 1.54) is 0 Å². The van der Waals surface area contributed by atoms with Crippen molar-refractivity contribution >= 4 is 22.8 Å². The first-order valence-corrected chi connectivity index (χ1v) is 13.1. The van der Waals surface area contributed by atoms with E-state index in [0.717, 1.165) is 37.1 Å². The molecular weight excluding hydrogens is 466 g/mol. The Bertz CT molecular complexity index is 1350. The van der Waals surface area contributed by atoms with Gasteiger partial charge in [-0.05, 0) is 68.7 Å². The lowest BCUT2D eigenvalue weighted by atomic mass is 9.94. The van der Waals surface area contributed by atoms with Crippen LogP contribution in [0.5, 0.6) is 0 Å². The average molecular weight is 504 g/mol. The summed E-state index contributed by atoms with van der Waals surface area (Å²) < 4.78 is 7.22. The first-order chi connectivity index (χ1) is 17.5. The number of ether oxygens (including phenoxy) is 1. The average Bonchev–Trinajstić information content (AvgIpc) is 3.38. The van der Waals surface area contributed by atoms with Crippen molar-refractivity contribution in [1.29, 1.82) is 0 Å². The molecule has 3 aromatic rings. The third-order valence-electron chi connectivity index (χ3n) is 6.43. The van der Waals surface area contributed by atoms with Crippen LogP contribution in [-0.2, 0) is 17.8 Å². The van der Waals surface area contributed by atoms with Gasteiger partial charge in [-0.2, -0.15) is 0 Å². The van der Waals surface area contributed by atoms with Crippen molar-refractivity contribution in [3.63, 3.8) is 0 Å². The van der Waals surface area contributed by atoms with Crippen LogP contribution in [0.25, 0.3) is 21.9 Å². The number of nitrogens with zero attached hydrogens (tertiary/aromatic N) is 2. The van der Waals surface area contributed by atoms with Gasteiger partial charge in [0.05, 0.1) is 6.54 Å². The van der Waals surface area contributed by atoms with Gasteiger partial charge in [0.2, 0.25) is 0 Å². The molecule has 196 valence electrons. The van der Waals surface area contributed by atoms with Gasteiger partial charge in [0.15, 0.2) is 0 Å². The third-order valence-corrected chi connectivity index (χ3v) is 6.43. The van der Waals surface area contributed by atoms with E-state index in [4.69, 9.17) is 4.74 Å². The van der Waals surface area contributed by atoms with E-state index >= 15 is 0 Å². The van der Waals surface area contributed by atoms with Crippen LogP contribution < -0.4 is 10.9 Å². The number of nitrogens with one attached hydrogen (secondary N) is 1. The summed E-state index contributed by atoms with van der Waals surface area (Å²) in [6, 6.07) is 15.2. The molecule has 1 aliphatic rings. The number of amides is 2. The maximum atomic E-state index is 13.8. The van der Waals surface area contributed by atoms with Crippen LogP contribution in [0.15, 0.2) is 53.3 Å². The zero-order chi connectivity index (χ0) is 26.7. The Labute approximate surface area is 218 Å². The summed E-state index contributed by atoms with van der Waals surface area (Å²) in [6.07, 6.45) is 1.47. The molecule has 1 N–H and O–H groups in total. The van der Waals surface area contributed by atoms with Gasteiger partial charge in [0.25, 0.3) is 11.5 Å². The van der Waals surface area contributed by atoms with Gasteiger partial charge in [0, 0.05) is 41.8 Å². The predicted octanol–water partition coefficient (Wildman–Crippen LogP) is 5.59. The molecule has 0 unspecified atom stereocenters. The minimum Gasteiger partial charge on any atom is -0.444 e. The summed E-state index contributed by atoms with van der Waals surface area (Å²) in [5.41, 5.74) is 2.23. The number of benzene rings is 2. The molecule has 1 fully saturated rings. The second-order valence-electron chi connectivity index (χ2n) is 11.1. The molecule has 0 aliphatic carbocycles. The number of pyridine rings is 1. The lowest BCUT2D eigenvalue weighted by molar-refractivity contribution is 0.0522. The number of fused-ring (bicyclic) bond motifs is 1. The fourth-order valence-electron chi connectivity index (χ4n) is 4.87. The minimum absolute atomic E-state index is 0.0156. The number of likely N-dealkylation sites (tertiary alicyclic amines) is 1. The molecule has 0 bridgehead atoms. The van der Waals surface area contributed by atoms with E-state index in [9.17, 15) is 14.4 Å². The third kappa shape index (κ3) is 6.04. The Balaban J connectivity index is 1.93. The van der Waals surface area contributed by atoms with Crippen LogP contribution in [0.3, 0.4) is 0 Å². The van der Waals surface area contributed by atoms with E-state index < -0.39 is 11.7 Å². The van der Waals surface area contributed by atoms with Crippen molar-refractivity contribution in [2.75, 3.05) is 13.1 Å². The summed E-state index contributed by atoms with van der Waals surface area (Å²) in [5.74, 6) is 0.188. The Morgan fingerprint density at radius 2 is 1.68 bits per heavy atom. The van der Waals surface area contributed by atoms with Gasteiger partial charge in [-0.25, -0.2) is 4.79 Å². The molecule has 1 aromatic heterocycles. The van der Waals surface area contributed by atoms with Crippen molar-refractivity contribution in [3.05, 3.63) is 70.1 Å². The lowest BCUT2D eigenvalue weighted by Gasteiger charge is -2.24. The number of carbonyl (C=O) groups excluding carboxylic acids is 2. The van der Waals surface area contributed by atoms with Gasteiger partial charge in [-0.3, -0.25) is 9.59 Å². The van der Waals surface area contributed by atoms with E-state index in [0.29, 0.717) is 28.6 Å². The van der Waals surface area contributed by atoms with Gasteiger partial charge in [0.1, 0.15) is 5.60 Å². The number of hydrogen-bond acceptors (Lipinski definition) is 4. The summed E-state index contributed by atoms with van der Waals surface area (Å²) in [6.45, 7) is 11.7. The quantitative estimate of drug-likeness (QED) is 0.476. The van der Waals surface area contributed by atoms with Crippen LogP contribution in [0.2, 0.25) is 0 Å². The van der Waals surface area contributed by atoms with Crippen LogP contribution in [-0.4, -0.2) is 40.2 Å². The molecule has 2 aromatic carbocycles. The topological polar surface area (TPSA) is 80.6 Å². The molecule has 4 rings (SSSR count). The van der Waals surface area contributed by atoms with Gasteiger partial charge in [-0.15, -0.1) is 0 Å². The second-order valence-corrected chi connectivity index (χ2v) is 11.1. The zero-order valence-corrected chi connectivity index (χ0v) is 22.5. The highest BCUT2D eigenvalue weighted by Crippen LogP contribution is 2.32. The second kappa shape index (κ2) is 10.8. The zero-order valence-electron chi connectivity index (χ0n) is 22.5. The fourth-order valence-corrected chi connectivity index (χ4v) is 4.87. The van der Waals surface area contributed by atoms with Gasteiger partial charge >= 0.3 is 6.09 Å². The molecule has 2 heterocycles. The highest BCUT2D eigenvalue weighted by molar-refractivity contribution is 6.03. The Morgan fingerprint density at radius 1 is 1.00 bits per heavy atom. The molecule has 0 radical (unpaired) electrons. The maximum Gasteiger partial charge on any atom is 0.407 e. The molecule has 7 heteroatoms. The summed E-state index contributed by atoms with van der Waals surface area (Å²) >= 11 is 0. The van der Waals surface area contributed by atoms with E-state index in [1.54, 1.807) is 16.7 Å². The van der Waals surface area contributed by atoms with Gasteiger partial charge in [-0.1, -0.05) is 44.2 Å². The van der Waals surface area contributed by atoms with Crippen molar-refractivity contribution in [3.8, 4) is 11.1 Å². The minimum atomic E-state index is -0.641. The molecule has 1 aliphatic heterocycles. The Morgan fingerprint density at radius 3 is 2.30 bits per heavy atom. The Hall–Kier alpha value is -3.61. The summed E-state index contributed by atoms with van der Waals surface area (Å²) in [4.78, 5) is 41.5. The number of hydrogen-bond donors (Lipinski definition) is 1. The first-order valence-electron chi connectivity index (χ1n) is 13.1. The highest BCUT2D eigenvalue weighted by Gasteiger charge is 2.24. The largest absolute Gasteiger partial charge is 0.444 e. The SMILES string of the molecule is CC(C)Cn1c(CNC(=O)OC(C)(C)C)c(-c2ccccc2)c2cc(C(=O)N3CCCC3)ccc2c1=O. The van der Waals surface area contributed by atoms with E-state index in [1.807, 2.05) is 62.1 Å². The maximum absolute atomic E-state index is 13.8. The number of rotatable bonds is 6. The van der Waals surface area contributed by atoms with E-state index in [-0.39, 0.29) is 23.9 Å². The molecule has 0 spiro atoms. The fraction of sp³-hybridized carbons (Fsp3) is 0.433. The monoisotopic (exact) mass is 503 g/mol. The van der Waals surface area contributed by atoms with Crippen molar-refractivity contribution < 1.29 is 14.3 Å². The molecule has 1 saturated heterocycles. The molecule has 0 atom stereocenters. The van der Waals surface area contributed by atoms with Gasteiger partial charge < -0.3 is 19.5 Å². The molecule has 0 saturated carbocycles. The first kappa shape index (κ1) is 26.5. The number of aromatic nitrogens is 1. The molecule has 2 amide bonds. The van der Waals surface area contributed by atoms with Crippen molar-refractivity contribution in [1.82, 2.24) is 14.8 Å². The highest BCUT2D eigenvalue weighted by atomic mass is 16.6. The standard InChI is InChI=1S/C30H37N3O4/c1-20(2)19-33-25(18-31-29(36)37-30(3,4)5)26(21-11-7-6-8-12-21)24-17-22(13-14-23(24)28(33)35)27(34)32-15-9-10-16-32/h6-8,11-14,17,20H,9-10,15-16,18-19H2,1-5H3,(H,31,36). The van der Waals surface area contributed by atoms with Crippen LogP contribution >= 0.6 is 0 Å².